The smallest absolute Gasteiger partial charge is 0.269 e. The van der Waals surface area contributed by atoms with E-state index in [4.69, 9.17) is 11.6 Å². The quantitative estimate of drug-likeness (QED) is 0.413. The summed E-state index contributed by atoms with van der Waals surface area (Å²) in [7, 11) is -2.44. The van der Waals surface area contributed by atoms with E-state index in [2.05, 4.69) is 5.32 Å². The van der Waals surface area contributed by atoms with Gasteiger partial charge in [0.25, 0.3) is 15.9 Å². The zero-order valence-corrected chi connectivity index (χ0v) is 22.4. The van der Waals surface area contributed by atoms with E-state index in [-0.39, 0.29) is 48.2 Å². The SMILES string of the molecule is CNC(=O)[C@@H](Cc1ccccc1)N(Cc1cccc(Cl)c1)C(=O)CCCN1C(=O)c2ccccc2S1(=O)=O. The van der Waals surface area contributed by atoms with Gasteiger partial charge in [-0.3, -0.25) is 14.4 Å². The average Bonchev–Trinajstić information content (AvgIpc) is 3.11. The summed E-state index contributed by atoms with van der Waals surface area (Å²) in [5, 5.41) is 3.16. The van der Waals surface area contributed by atoms with Crippen molar-refractivity contribution in [2.24, 2.45) is 0 Å². The predicted molar refractivity (Wildman–Crippen MR) is 144 cm³/mol. The summed E-state index contributed by atoms with van der Waals surface area (Å²) in [6.45, 7) is -0.00733. The second-order valence-electron chi connectivity index (χ2n) is 8.95. The highest BCUT2D eigenvalue weighted by Crippen LogP contribution is 2.30. The molecule has 0 saturated carbocycles. The second-order valence-corrected chi connectivity index (χ2v) is 11.2. The van der Waals surface area contributed by atoms with Crippen molar-refractivity contribution in [3.63, 3.8) is 0 Å². The molecule has 1 N–H and O–H groups in total. The van der Waals surface area contributed by atoms with E-state index in [1.807, 2.05) is 36.4 Å². The van der Waals surface area contributed by atoms with Crippen LogP contribution in [0.1, 0.15) is 34.3 Å². The van der Waals surface area contributed by atoms with Crippen molar-refractivity contribution in [3.05, 3.63) is 101 Å². The van der Waals surface area contributed by atoms with E-state index >= 15 is 0 Å². The van der Waals surface area contributed by atoms with Crippen LogP contribution in [0.15, 0.2) is 83.8 Å². The standard InChI is InChI=1S/C28H28ClN3O5S/c1-30-27(34)24(18-20-9-3-2-4-10-20)31(19-21-11-7-12-22(29)17-21)26(33)15-8-16-32-28(35)23-13-5-6-14-25(23)38(32,36)37/h2-7,9-14,17,24H,8,15-16,18-19H2,1H3,(H,30,34)/t24-/m1/s1. The molecule has 0 bridgehead atoms. The van der Waals surface area contributed by atoms with Gasteiger partial charge >= 0.3 is 0 Å². The Morgan fingerprint density at radius 2 is 1.66 bits per heavy atom. The molecule has 8 nitrogen and oxygen atoms in total. The normalized spacial score (nSPS) is 14.6. The maximum atomic E-state index is 13.6. The first-order chi connectivity index (χ1) is 18.2. The predicted octanol–water partition coefficient (Wildman–Crippen LogP) is 3.65. The number of likely N-dealkylation sites (N-methyl/N-ethyl adjacent to an activating group) is 1. The van der Waals surface area contributed by atoms with Crippen LogP contribution in [0.2, 0.25) is 5.02 Å². The molecule has 0 aromatic heterocycles. The van der Waals surface area contributed by atoms with Gasteiger partial charge in [-0.25, -0.2) is 12.7 Å². The lowest BCUT2D eigenvalue weighted by Crippen LogP contribution is -2.49. The van der Waals surface area contributed by atoms with Gasteiger partial charge in [-0.2, -0.15) is 0 Å². The second kappa shape index (κ2) is 11.8. The number of fused-ring (bicyclic) bond motifs is 1. The molecule has 1 aliphatic rings. The monoisotopic (exact) mass is 553 g/mol. The Bertz CT molecular complexity index is 1450. The summed E-state index contributed by atoms with van der Waals surface area (Å²) in [5.41, 5.74) is 1.76. The lowest BCUT2D eigenvalue weighted by Gasteiger charge is -2.31. The average molecular weight is 554 g/mol. The van der Waals surface area contributed by atoms with Gasteiger partial charge in [0, 0.05) is 38.0 Å². The van der Waals surface area contributed by atoms with Crippen molar-refractivity contribution >= 4 is 39.3 Å². The van der Waals surface area contributed by atoms with Gasteiger partial charge in [-0.1, -0.05) is 66.2 Å². The fourth-order valence-corrected chi connectivity index (χ4v) is 6.34. The number of sulfonamides is 1. The van der Waals surface area contributed by atoms with Crippen LogP contribution in [0, 0.1) is 0 Å². The highest BCUT2D eigenvalue weighted by Gasteiger charge is 2.40. The van der Waals surface area contributed by atoms with Crippen molar-refractivity contribution in [1.82, 2.24) is 14.5 Å². The number of hydrogen-bond acceptors (Lipinski definition) is 5. The summed E-state index contributed by atoms with van der Waals surface area (Å²) < 4.78 is 26.5. The molecule has 3 aromatic carbocycles. The number of nitrogens with one attached hydrogen (secondary N) is 1. The van der Waals surface area contributed by atoms with Crippen LogP contribution in [-0.4, -0.2) is 55.0 Å². The number of carbonyl (C=O) groups excluding carboxylic acids is 3. The molecule has 3 amide bonds. The number of amides is 3. The topological polar surface area (TPSA) is 104 Å². The van der Waals surface area contributed by atoms with Gasteiger partial charge < -0.3 is 10.2 Å². The largest absolute Gasteiger partial charge is 0.357 e. The molecule has 0 saturated heterocycles. The van der Waals surface area contributed by atoms with Crippen molar-refractivity contribution < 1.29 is 22.8 Å². The maximum absolute atomic E-state index is 13.6. The number of hydrogen-bond donors (Lipinski definition) is 1. The Hall–Kier alpha value is -3.69. The molecule has 10 heteroatoms. The molecule has 4 rings (SSSR count). The van der Waals surface area contributed by atoms with E-state index in [9.17, 15) is 22.8 Å². The van der Waals surface area contributed by atoms with Gasteiger partial charge in [0.1, 0.15) is 10.9 Å². The Labute approximate surface area is 227 Å². The van der Waals surface area contributed by atoms with E-state index in [0.717, 1.165) is 15.4 Å². The molecular weight excluding hydrogens is 526 g/mol. The first-order valence-corrected chi connectivity index (χ1v) is 14.0. The van der Waals surface area contributed by atoms with E-state index in [1.165, 1.54) is 24.1 Å². The minimum atomic E-state index is -3.96. The fraction of sp³-hybridized carbons (Fsp3) is 0.250. The summed E-state index contributed by atoms with van der Waals surface area (Å²) in [5.74, 6) is -1.26. The Kier molecular flexibility index (Phi) is 8.48. The van der Waals surface area contributed by atoms with Gasteiger partial charge in [-0.05, 0) is 41.8 Å². The minimum Gasteiger partial charge on any atom is -0.357 e. The number of halogens is 1. The summed E-state index contributed by atoms with van der Waals surface area (Å²) in [6.07, 6.45) is 0.343. The highest BCUT2D eigenvalue weighted by atomic mass is 35.5. The third kappa shape index (κ3) is 5.89. The molecule has 0 spiro atoms. The van der Waals surface area contributed by atoms with E-state index < -0.39 is 22.0 Å². The van der Waals surface area contributed by atoms with E-state index in [1.54, 1.807) is 30.3 Å². The first-order valence-electron chi connectivity index (χ1n) is 12.2. The molecule has 0 unspecified atom stereocenters. The lowest BCUT2D eigenvalue weighted by atomic mass is 10.0. The Morgan fingerprint density at radius 3 is 2.34 bits per heavy atom. The zero-order valence-electron chi connectivity index (χ0n) is 20.8. The van der Waals surface area contributed by atoms with Crippen molar-refractivity contribution in [2.45, 2.75) is 36.7 Å². The first kappa shape index (κ1) is 27.3. The van der Waals surface area contributed by atoms with Crippen molar-refractivity contribution in [2.75, 3.05) is 13.6 Å². The summed E-state index contributed by atoms with van der Waals surface area (Å²) in [4.78, 5) is 40.8. The molecular formula is C28H28ClN3O5S. The highest BCUT2D eigenvalue weighted by molar-refractivity contribution is 7.90. The zero-order chi connectivity index (χ0) is 27.3. The third-order valence-electron chi connectivity index (χ3n) is 6.42. The summed E-state index contributed by atoms with van der Waals surface area (Å²) >= 11 is 6.17. The van der Waals surface area contributed by atoms with Crippen LogP contribution < -0.4 is 5.32 Å². The lowest BCUT2D eigenvalue weighted by molar-refractivity contribution is -0.141. The van der Waals surface area contributed by atoms with Crippen LogP contribution in [0.4, 0.5) is 0 Å². The van der Waals surface area contributed by atoms with Gasteiger partial charge in [0.15, 0.2) is 0 Å². The van der Waals surface area contributed by atoms with Gasteiger partial charge in [0.05, 0.1) is 5.56 Å². The number of carbonyl (C=O) groups is 3. The van der Waals surface area contributed by atoms with Crippen molar-refractivity contribution in [3.8, 4) is 0 Å². The van der Waals surface area contributed by atoms with Crippen molar-refractivity contribution in [1.29, 1.82) is 0 Å². The van der Waals surface area contributed by atoms with Crippen LogP contribution in [0.5, 0.6) is 0 Å². The number of benzene rings is 3. The third-order valence-corrected chi connectivity index (χ3v) is 8.50. The molecule has 1 heterocycles. The Balaban J connectivity index is 1.54. The van der Waals surface area contributed by atoms with Crippen LogP contribution in [-0.2, 0) is 32.6 Å². The molecule has 0 fully saturated rings. The molecule has 0 radical (unpaired) electrons. The summed E-state index contributed by atoms with van der Waals surface area (Å²) in [6, 6.07) is 21.7. The molecule has 1 aliphatic heterocycles. The molecule has 3 aromatic rings. The molecule has 198 valence electrons. The van der Waals surface area contributed by atoms with E-state index in [0.29, 0.717) is 11.4 Å². The van der Waals surface area contributed by atoms with Crippen LogP contribution >= 0.6 is 11.6 Å². The Morgan fingerprint density at radius 1 is 0.974 bits per heavy atom. The van der Waals surface area contributed by atoms with Gasteiger partial charge in [0.2, 0.25) is 11.8 Å². The maximum Gasteiger partial charge on any atom is 0.269 e. The minimum absolute atomic E-state index is 0.0264. The number of rotatable bonds is 10. The molecule has 38 heavy (non-hydrogen) atoms. The van der Waals surface area contributed by atoms with Gasteiger partial charge in [-0.15, -0.1) is 0 Å². The fourth-order valence-electron chi connectivity index (χ4n) is 4.52. The number of nitrogens with zero attached hydrogens (tertiary/aromatic N) is 2. The van der Waals surface area contributed by atoms with Crippen LogP contribution in [0.3, 0.4) is 0 Å². The van der Waals surface area contributed by atoms with Crippen LogP contribution in [0.25, 0.3) is 0 Å². The molecule has 0 aliphatic carbocycles. The molecule has 1 atom stereocenters.